The average Bonchev–Trinajstić information content (AvgIpc) is 2.30. The molecule has 1 heterocycles. The SMILES string of the molecule is CCNC(=O)NC(=O)Cn1ncc(Cl)c(Cl)c1=O. The molecule has 0 aliphatic carbocycles. The Balaban J connectivity index is 2.74. The smallest absolute Gasteiger partial charge is 0.321 e. The molecule has 0 radical (unpaired) electrons. The van der Waals surface area contributed by atoms with E-state index in [1.165, 1.54) is 0 Å². The van der Waals surface area contributed by atoms with Gasteiger partial charge < -0.3 is 5.32 Å². The van der Waals surface area contributed by atoms with E-state index in [-0.39, 0.29) is 10.0 Å². The molecular weight excluding hydrogens is 283 g/mol. The minimum Gasteiger partial charge on any atom is -0.338 e. The average molecular weight is 293 g/mol. The number of carbonyl (C=O) groups excluding carboxylic acids is 2. The molecule has 1 rings (SSSR count). The van der Waals surface area contributed by atoms with Crippen LogP contribution >= 0.6 is 23.2 Å². The Morgan fingerprint density at radius 1 is 1.44 bits per heavy atom. The Hall–Kier alpha value is -1.60. The molecule has 7 nitrogen and oxygen atoms in total. The van der Waals surface area contributed by atoms with Crippen LogP contribution in [0.3, 0.4) is 0 Å². The van der Waals surface area contributed by atoms with Crippen LogP contribution in [0.1, 0.15) is 6.92 Å². The predicted octanol–water partition coefficient (Wildman–Crippen LogP) is 0.396. The molecule has 0 saturated carbocycles. The molecule has 1 aromatic rings. The Morgan fingerprint density at radius 2 is 2.11 bits per heavy atom. The molecule has 98 valence electrons. The van der Waals surface area contributed by atoms with Crippen LogP contribution in [0.4, 0.5) is 4.79 Å². The lowest BCUT2D eigenvalue weighted by atomic mass is 10.5. The second kappa shape index (κ2) is 6.36. The maximum absolute atomic E-state index is 11.5. The lowest BCUT2D eigenvalue weighted by molar-refractivity contribution is -0.120. The van der Waals surface area contributed by atoms with E-state index >= 15 is 0 Å². The Bertz CT molecular complexity index is 529. The van der Waals surface area contributed by atoms with E-state index in [1.807, 2.05) is 5.32 Å². The van der Waals surface area contributed by atoms with E-state index in [1.54, 1.807) is 6.92 Å². The third-order valence-electron chi connectivity index (χ3n) is 1.83. The summed E-state index contributed by atoms with van der Waals surface area (Å²) in [5, 5.41) is 7.80. The molecular formula is C9H10Cl2N4O3. The van der Waals surface area contributed by atoms with Crippen LogP contribution in [0.5, 0.6) is 0 Å². The molecule has 9 heteroatoms. The first-order valence-corrected chi connectivity index (χ1v) is 5.70. The minimum atomic E-state index is -0.699. The summed E-state index contributed by atoms with van der Waals surface area (Å²) in [5.41, 5.74) is -0.699. The van der Waals surface area contributed by atoms with Gasteiger partial charge in [0.15, 0.2) is 0 Å². The monoisotopic (exact) mass is 292 g/mol. The number of urea groups is 1. The van der Waals surface area contributed by atoms with Gasteiger partial charge in [-0.2, -0.15) is 5.10 Å². The van der Waals surface area contributed by atoms with Gasteiger partial charge in [0.1, 0.15) is 11.6 Å². The summed E-state index contributed by atoms with van der Waals surface area (Å²) in [7, 11) is 0. The normalized spacial score (nSPS) is 9.94. The van der Waals surface area contributed by atoms with Crippen LogP contribution in [-0.2, 0) is 11.3 Å². The number of amides is 3. The zero-order valence-electron chi connectivity index (χ0n) is 9.37. The van der Waals surface area contributed by atoms with E-state index in [0.717, 1.165) is 10.9 Å². The summed E-state index contributed by atoms with van der Waals surface area (Å²) in [6.45, 7) is 1.66. The maximum atomic E-state index is 11.5. The third-order valence-corrected chi connectivity index (χ3v) is 2.57. The van der Waals surface area contributed by atoms with Crippen molar-refractivity contribution in [3.8, 4) is 0 Å². The molecule has 0 aliphatic rings. The highest BCUT2D eigenvalue weighted by molar-refractivity contribution is 6.41. The van der Waals surface area contributed by atoms with Crippen molar-refractivity contribution in [2.75, 3.05) is 6.54 Å². The number of hydrogen-bond donors (Lipinski definition) is 2. The summed E-state index contributed by atoms with van der Waals surface area (Å²) in [6.07, 6.45) is 1.14. The fourth-order valence-corrected chi connectivity index (χ4v) is 1.34. The zero-order valence-corrected chi connectivity index (χ0v) is 10.9. The van der Waals surface area contributed by atoms with E-state index in [4.69, 9.17) is 23.2 Å². The molecule has 18 heavy (non-hydrogen) atoms. The predicted molar refractivity (Wildman–Crippen MR) is 65.7 cm³/mol. The van der Waals surface area contributed by atoms with E-state index in [9.17, 15) is 14.4 Å². The molecule has 3 amide bonds. The first-order chi connectivity index (χ1) is 8.45. The number of imide groups is 1. The molecule has 0 fully saturated rings. The lowest BCUT2D eigenvalue weighted by Crippen LogP contribution is -2.42. The topological polar surface area (TPSA) is 93.1 Å². The van der Waals surface area contributed by atoms with Gasteiger partial charge in [-0.25, -0.2) is 9.48 Å². The molecule has 0 atom stereocenters. The minimum absolute atomic E-state index is 0.00190. The van der Waals surface area contributed by atoms with Crippen molar-refractivity contribution < 1.29 is 9.59 Å². The van der Waals surface area contributed by atoms with Gasteiger partial charge in [-0.1, -0.05) is 23.2 Å². The highest BCUT2D eigenvalue weighted by Crippen LogP contribution is 2.14. The van der Waals surface area contributed by atoms with Gasteiger partial charge in [0.2, 0.25) is 5.91 Å². The number of carbonyl (C=O) groups is 2. The molecule has 0 spiro atoms. The maximum Gasteiger partial charge on any atom is 0.321 e. The quantitative estimate of drug-likeness (QED) is 0.843. The number of halogens is 2. The van der Waals surface area contributed by atoms with Crippen LogP contribution in [0.15, 0.2) is 11.0 Å². The van der Waals surface area contributed by atoms with Gasteiger partial charge in [-0.3, -0.25) is 14.9 Å². The summed E-state index contributed by atoms with van der Waals surface area (Å²) in [4.78, 5) is 34.0. The molecule has 1 aromatic heterocycles. The number of rotatable bonds is 3. The molecule has 0 aromatic carbocycles. The highest BCUT2D eigenvalue weighted by atomic mass is 35.5. The van der Waals surface area contributed by atoms with Gasteiger partial charge in [0.25, 0.3) is 5.56 Å². The fourth-order valence-electron chi connectivity index (χ4n) is 1.06. The van der Waals surface area contributed by atoms with Gasteiger partial charge in [0.05, 0.1) is 11.2 Å². The molecule has 0 unspecified atom stereocenters. The van der Waals surface area contributed by atoms with Crippen LogP contribution < -0.4 is 16.2 Å². The fraction of sp³-hybridized carbons (Fsp3) is 0.333. The first-order valence-electron chi connectivity index (χ1n) is 4.94. The highest BCUT2D eigenvalue weighted by Gasteiger charge is 2.12. The molecule has 0 saturated heterocycles. The van der Waals surface area contributed by atoms with Crippen molar-refractivity contribution in [3.63, 3.8) is 0 Å². The summed E-state index contributed by atoms with van der Waals surface area (Å²) in [6, 6.07) is -0.643. The second-order valence-corrected chi connectivity index (χ2v) is 3.96. The number of hydrogen-bond acceptors (Lipinski definition) is 4. The van der Waals surface area contributed by atoms with Gasteiger partial charge >= 0.3 is 6.03 Å². The van der Waals surface area contributed by atoms with Crippen LogP contribution in [0, 0.1) is 0 Å². The summed E-state index contributed by atoms with van der Waals surface area (Å²) >= 11 is 11.2. The third kappa shape index (κ3) is 3.71. The van der Waals surface area contributed by atoms with E-state index in [2.05, 4.69) is 10.4 Å². The summed E-state index contributed by atoms with van der Waals surface area (Å²) in [5.74, 6) is -0.686. The standard InChI is InChI=1S/C9H10Cl2N4O3/c1-2-12-9(18)14-6(16)4-15-8(17)7(11)5(10)3-13-15/h3H,2,4H2,1H3,(H2,12,14,16,18). The van der Waals surface area contributed by atoms with Crippen molar-refractivity contribution in [3.05, 3.63) is 26.6 Å². The van der Waals surface area contributed by atoms with Crippen LogP contribution in [0.2, 0.25) is 10.0 Å². The number of aromatic nitrogens is 2. The van der Waals surface area contributed by atoms with Crippen molar-refractivity contribution in [2.45, 2.75) is 13.5 Å². The largest absolute Gasteiger partial charge is 0.338 e. The van der Waals surface area contributed by atoms with Crippen molar-refractivity contribution in [1.29, 1.82) is 0 Å². The zero-order chi connectivity index (χ0) is 13.7. The Kier molecular flexibility index (Phi) is 5.11. The van der Waals surface area contributed by atoms with Crippen molar-refractivity contribution in [1.82, 2.24) is 20.4 Å². The van der Waals surface area contributed by atoms with E-state index in [0.29, 0.717) is 6.54 Å². The molecule has 0 aliphatic heterocycles. The second-order valence-electron chi connectivity index (χ2n) is 3.18. The molecule has 2 N–H and O–H groups in total. The van der Waals surface area contributed by atoms with Crippen molar-refractivity contribution in [2.24, 2.45) is 0 Å². The van der Waals surface area contributed by atoms with E-state index < -0.39 is 24.0 Å². The van der Waals surface area contributed by atoms with Gasteiger partial charge in [-0.15, -0.1) is 0 Å². The Labute approximate surface area is 112 Å². The number of nitrogens with one attached hydrogen (secondary N) is 2. The lowest BCUT2D eigenvalue weighted by Gasteiger charge is -2.06. The van der Waals surface area contributed by atoms with Crippen molar-refractivity contribution >= 4 is 35.1 Å². The van der Waals surface area contributed by atoms with Gasteiger partial charge in [0, 0.05) is 6.54 Å². The Morgan fingerprint density at radius 3 is 2.72 bits per heavy atom. The van der Waals surface area contributed by atoms with Crippen LogP contribution in [-0.4, -0.2) is 28.3 Å². The van der Waals surface area contributed by atoms with Gasteiger partial charge in [-0.05, 0) is 6.92 Å². The first kappa shape index (κ1) is 14.5. The summed E-state index contributed by atoms with van der Waals surface area (Å²) < 4.78 is 0.808. The number of nitrogens with zero attached hydrogens (tertiary/aromatic N) is 2. The van der Waals surface area contributed by atoms with Crippen LogP contribution in [0.25, 0.3) is 0 Å². The molecule has 0 bridgehead atoms.